The Morgan fingerprint density at radius 3 is 2.67 bits per heavy atom. The molecule has 0 aliphatic rings. The van der Waals surface area contributed by atoms with Crippen LogP contribution in [0.2, 0.25) is 0 Å². The Morgan fingerprint density at radius 2 is 2.06 bits per heavy atom. The fourth-order valence-corrected chi connectivity index (χ4v) is 3.06. The molecule has 1 rings (SSSR count). The van der Waals surface area contributed by atoms with Crippen LogP contribution in [0.4, 0.5) is 0 Å². The van der Waals surface area contributed by atoms with E-state index in [1.165, 1.54) is 0 Å². The van der Waals surface area contributed by atoms with Crippen LogP contribution >= 0.6 is 0 Å². The van der Waals surface area contributed by atoms with Crippen LogP contribution in [0.25, 0.3) is 0 Å². The second kappa shape index (κ2) is 6.89. The molecule has 104 valence electrons. The van der Waals surface area contributed by atoms with E-state index in [9.17, 15) is 8.42 Å². The van der Waals surface area contributed by atoms with Crippen molar-refractivity contribution in [1.29, 1.82) is 0 Å². The van der Waals surface area contributed by atoms with E-state index >= 15 is 0 Å². The molecule has 0 bridgehead atoms. The summed E-state index contributed by atoms with van der Waals surface area (Å²) in [5.41, 5.74) is 2.17. The lowest BCUT2D eigenvalue weighted by Gasteiger charge is -2.06. The Labute approximate surface area is 109 Å². The van der Waals surface area contributed by atoms with Gasteiger partial charge in [-0.2, -0.15) is 5.10 Å². The van der Waals surface area contributed by atoms with Gasteiger partial charge in [-0.3, -0.25) is 4.68 Å². The minimum Gasteiger partial charge on any atom is -0.313 e. The zero-order valence-corrected chi connectivity index (χ0v) is 12.3. The first-order valence-corrected chi connectivity index (χ1v) is 8.24. The molecule has 0 saturated carbocycles. The number of rotatable bonds is 8. The highest BCUT2D eigenvalue weighted by molar-refractivity contribution is 7.91. The van der Waals surface area contributed by atoms with Crippen LogP contribution in [0.1, 0.15) is 31.5 Å². The second-order valence-corrected chi connectivity index (χ2v) is 6.71. The van der Waals surface area contributed by atoms with Gasteiger partial charge >= 0.3 is 0 Å². The summed E-state index contributed by atoms with van der Waals surface area (Å²) in [5, 5.41) is 7.48. The van der Waals surface area contributed by atoms with E-state index < -0.39 is 9.84 Å². The molecule has 0 radical (unpaired) electrons. The summed E-state index contributed by atoms with van der Waals surface area (Å²) in [6.45, 7) is 8.05. The van der Waals surface area contributed by atoms with Crippen LogP contribution in [0.5, 0.6) is 0 Å². The van der Waals surface area contributed by atoms with Gasteiger partial charge in [0.2, 0.25) is 0 Å². The van der Waals surface area contributed by atoms with Gasteiger partial charge in [0.05, 0.1) is 18.5 Å². The topological polar surface area (TPSA) is 64.0 Å². The summed E-state index contributed by atoms with van der Waals surface area (Å²) >= 11 is 0. The average molecular weight is 273 g/mol. The van der Waals surface area contributed by atoms with Gasteiger partial charge in [0.25, 0.3) is 0 Å². The van der Waals surface area contributed by atoms with E-state index in [4.69, 9.17) is 0 Å². The summed E-state index contributed by atoms with van der Waals surface area (Å²) in [5.74, 6) is 0.432. The van der Waals surface area contributed by atoms with Crippen molar-refractivity contribution < 1.29 is 8.42 Å². The van der Waals surface area contributed by atoms with Crippen molar-refractivity contribution in [3.63, 3.8) is 0 Å². The zero-order valence-electron chi connectivity index (χ0n) is 11.4. The molecule has 1 heterocycles. The summed E-state index contributed by atoms with van der Waals surface area (Å²) in [4.78, 5) is 0. The monoisotopic (exact) mass is 273 g/mol. The Balaban J connectivity index is 2.61. The minimum atomic E-state index is -2.93. The predicted molar refractivity (Wildman–Crippen MR) is 73.3 cm³/mol. The van der Waals surface area contributed by atoms with Crippen molar-refractivity contribution in [1.82, 2.24) is 15.1 Å². The third-order valence-corrected chi connectivity index (χ3v) is 4.73. The first kappa shape index (κ1) is 15.2. The molecule has 0 spiro atoms. The first-order valence-electron chi connectivity index (χ1n) is 6.42. The highest BCUT2D eigenvalue weighted by Crippen LogP contribution is 2.07. The van der Waals surface area contributed by atoms with Crippen molar-refractivity contribution in [3.8, 4) is 0 Å². The van der Waals surface area contributed by atoms with E-state index in [1.54, 1.807) is 4.68 Å². The van der Waals surface area contributed by atoms with Crippen molar-refractivity contribution >= 4 is 9.84 Å². The van der Waals surface area contributed by atoms with Gasteiger partial charge in [0.15, 0.2) is 9.84 Å². The SMILES string of the molecule is CCCS(=O)(=O)CCn1ncc(CNCC)c1C. The summed E-state index contributed by atoms with van der Waals surface area (Å²) in [6.07, 6.45) is 2.48. The van der Waals surface area contributed by atoms with Crippen LogP contribution in [0, 0.1) is 6.92 Å². The molecule has 0 saturated heterocycles. The van der Waals surface area contributed by atoms with Crippen LogP contribution in [-0.2, 0) is 22.9 Å². The maximum atomic E-state index is 11.6. The Hall–Kier alpha value is -0.880. The molecule has 0 aliphatic carbocycles. The molecular weight excluding hydrogens is 250 g/mol. The second-order valence-electron chi connectivity index (χ2n) is 4.41. The lowest BCUT2D eigenvalue weighted by Crippen LogP contribution is -2.17. The molecule has 0 amide bonds. The van der Waals surface area contributed by atoms with Gasteiger partial charge in [-0.05, 0) is 19.9 Å². The number of hydrogen-bond acceptors (Lipinski definition) is 4. The third kappa shape index (κ3) is 4.42. The number of hydrogen-bond donors (Lipinski definition) is 1. The third-order valence-electron chi connectivity index (χ3n) is 2.90. The molecule has 0 aliphatic heterocycles. The highest BCUT2D eigenvalue weighted by Gasteiger charge is 2.12. The van der Waals surface area contributed by atoms with Crippen molar-refractivity contribution in [3.05, 3.63) is 17.5 Å². The molecule has 6 heteroatoms. The fourth-order valence-electron chi connectivity index (χ4n) is 1.78. The number of aryl methyl sites for hydroxylation is 1. The number of nitrogens with zero attached hydrogens (tertiary/aromatic N) is 2. The van der Waals surface area contributed by atoms with Gasteiger partial charge in [0.1, 0.15) is 0 Å². The predicted octanol–water partition coefficient (Wildman–Crippen LogP) is 1.13. The maximum absolute atomic E-state index is 11.6. The molecule has 1 aromatic heterocycles. The molecule has 0 atom stereocenters. The largest absolute Gasteiger partial charge is 0.313 e. The normalized spacial score (nSPS) is 11.9. The van der Waals surface area contributed by atoms with E-state index in [0.29, 0.717) is 13.0 Å². The average Bonchev–Trinajstić information content (AvgIpc) is 2.65. The number of aromatic nitrogens is 2. The van der Waals surface area contributed by atoms with Gasteiger partial charge < -0.3 is 5.32 Å². The van der Waals surface area contributed by atoms with E-state index in [2.05, 4.69) is 17.3 Å². The van der Waals surface area contributed by atoms with Gasteiger partial charge in [-0.15, -0.1) is 0 Å². The maximum Gasteiger partial charge on any atom is 0.152 e. The molecule has 5 nitrogen and oxygen atoms in total. The van der Waals surface area contributed by atoms with Crippen LogP contribution < -0.4 is 5.32 Å². The highest BCUT2D eigenvalue weighted by atomic mass is 32.2. The molecule has 0 fully saturated rings. The summed E-state index contributed by atoms with van der Waals surface area (Å²) in [6, 6.07) is 0. The van der Waals surface area contributed by atoms with Crippen molar-refractivity contribution in [2.45, 2.75) is 40.3 Å². The van der Waals surface area contributed by atoms with Crippen LogP contribution in [-0.4, -0.2) is 36.2 Å². The fraction of sp³-hybridized carbons (Fsp3) is 0.750. The van der Waals surface area contributed by atoms with E-state index in [0.717, 1.165) is 24.3 Å². The Bertz CT molecular complexity index is 466. The van der Waals surface area contributed by atoms with Crippen molar-refractivity contribution in [2.24, 2.45) is 0 Å². The summed E-state index contributed by atoms with van der Waals surface area (Å²) < 4.78 is 25.1. The number of nitrogens with one attached hydrogen (secondary N) is 1. The molecular formula is C12H23N3O2S. The molecule has 18 heavy (non-hydrogen) atoms. The molecule has 0 aromatic carbocycles. The van der Waals surface area contributed by atoms with Gasteiger partial charge in [-0.25, -0.2) is 8.42 Å². The van der Waals surface area contributed by atoms with Gasteiger partial charge in [-0.1, -0.05) is 13.8 Å². The Morgan fingerprint density at radius 1 is 1.33 bits per heavy atom. The quantitative estimate of drug-likeness (QED) is 0.771. The zero-order chi connectivity index (χ0) is 13.6. The molecule has 1 N–H and O–H groups in total. The van der Waals surface area contributed by atoms with Crippen LogP contribution in [0.3, 0.4) is 0 Å². The van der Waals surface area contributed by atoms with Crippen LogP contribution in [0.15, 0.2) is 6.20 Å². The smallest absolute Gasteiger partial charge is 0.152 e. The molecule has 1 aromatic rings. The minimum absolute atomic E-state index is 0.171. The standard InChI is InChI=1S/C12H23N3O2S/c1-4-7-18(16,17)8-6-15-11(3)12(10-14-15)9-13-5-2/h10,13H,4-9H2,1-3H3. The van der Waals surface area contributed by atoms with E-state index in [-0.39, 0.29) is 11.5 Å². The Kier molecular flexibility index (Phi) is 5.81. The van der Waals surface area contributed by atoms with Crippen molar-refractivity contribution in [2.75, 3.05) is 18.1 Å². The lowest BCUT2D eigenvalue weighted by atomic mass is 10.2. The molecule has 0 unspecified atom stereocenters. The first-order chi connectivity index (χ1) is 8.50. The lowest BCUT2D eigenvalue weighted by molar-refractivity contribution is 0.575. The summed E-state index contributed by atoms with van der Waals surface area (Å²) in [7, 11) is -2.93. The van der Waals surface area contributed by atoms with E-state index in [1.807, 2.05) is 20.0 Å². The van der Waals surface area contributed by atoms with Gasteiger partial charge in [0, 0.05) is 23.6 Å². The number of sulfone groups is 1.